The number of amides is 1. The summed E-state index contributed by atoms with van der Waals surface area (Å²) >= 11 is 7.56. The Morgan fingerprint density at radius 2 is 1.67 bits per heavy atom. The molecule has 0 spiro atoms. The van der Waals surface area contributed by atoms with Crippen LogP contribution in [0.25, 0.3) is 21.8 Å². The Bertz CT molecular complexity index is 1070. The number of nitrogens with zero attached hydrogens (tertiary/aromatic N) is 1. The van der Waals surface area contributed by atoms with Crippen LogP contribution in [0.1, 0.15) is 10.4 Å². The van der Waals surface area contributed by atoms with E-state index in [0.29, 0.717) is 10.6 Å². The van der Waals surface area contributed by atoms with Crippen molar-refractivity contribution in [2.45, 2.75) is 0 Å². The monoisotopic (exact) mass is 390 g/mol. The maximum absolute atomic E-state index is 12.3. The van der Waals surface area contributed by atoms with Crippen LogP contribution in [0.15, 0.2) is 84.2 Å². The van der Waals surface area contributed by atoms with Gasteiger partial charge in [0, 0.05) is 32.8 Å². The molecule has 0 bridgehead atoms. The highest BCUT2D eigenvalue weighted by Gasteiger charge is 2.09. The van der Waals surface area contributed by atoms with Crippen molar-refractivity contribution >= 4 is 34.5 Å². The van der Waals surface area contributed by atoms with Crippen molar-refractivity contribution in [3.8, 4) is 21.8 Å². The largest absolute Gasteiger partial charge is 0.322 e. The van der Waals surface area contributed by atoms with Gasteiger partial charge in [-0.2, -0.15) is 0 Å². The summed E-state index contributed by atoms with van der Waals surface area (Å²) in [4.78, 5) is 17.0. The summed E-state index contributed by atoms with van der Waals surface area (Å²) in [5.41, 5.74) is 4.29. The Morgan fingerprint density at radius 3 is 2.41 bits per heavy atom. The van der Waals surface area contributed by atoms with Gasteiger partial charge in [-0.3, -0.25) is 4.79 Å². The summed E-state index contributed by atoms with van der Waals surface area (Å²) in [6, 6.07) is 24.6. The minimum Gasteiger partial charge on any atom is -0.322 e. The van der Waals surface area contributed by atoms with Crippen molar-refractivity contribution in [2.75, 3.05) is 5.32 Å². The van der Waals surface area contributed by atoms with E-state index in [9.17, 15) is 4.79 Å². The Morgan fingerprint density at radius 1 is 0.889 bits per heavy atom. The molecule has 0 aliphatic carbocycles. The molecule has 5 heteroatoms. The number of thiazole rings is 1. The zero-order valence-electron chi connectivity index (χ0n) is 14.2. The van der Waals surface area contributed by atoms with Crippen molar-refractivity contribution < 1.29 is 4.79 Å². The van der Waals surface area contributed by atoms with Crippen LogP contribution in [0.4, 0.5) is 5.69 Å². The molecule has 0 saturated carbocycles. The van der Waals surface area contributed by atoms with Gasteiger partial charge in [-0.15, -0.1) is 11.3 Å². The SMILES string of the molecule is O=C(Nc1ccc(-c2csc(-c3ccccc3)n2)cc1)c1cccc(Cl)c1. The summed E-state index contributed by atoms with van der Waals surface area (Å²) in [5, 5.41) is 6.45. The van der Waals surface area contributed by atoms with Crippen LogP contribution in [-0.4, -0.2) is 10.9 Å². The number of anilines is 1. The Hall–Kier alpha value is -2.95. The minimum absolute atomic E-state index is 0.190. The van der Waals surface area contributed by atoms with E-state index < -0.39 is 0 Å². The zero-order valence-corrected chi connectivity index (χ0v) is 15.8. The van der Waals surface area contributed by atoms with Gasteiger partial charge in [0.2, 0.25) is 0 Å². The smallest absolute Gasteiger partial charge is 0.255 e. The van der Waals surface area contributed by atoms with Crippen LogP contribution in [0.3, 0.4) is 0 Å². The minimum atomic E-state index is -0.190. The number of halogens is 1. The number of hydrogen-bond donors (Lipinski definition) is 1. The number of aromatic nitrogens is 1. The molecular weight excluding hydrogens is 376 g/mol. The Balaban J connectivity index is 1.49. The molecule has 132 valence electrons. The van der Waals surface area contributed by atoms with Gasteiger partial charge < -0.3 is 5.32 Å². The third-order valence-corrected chi connectivity index (χ3v) is 5.18. The van der Waals surface area contributed by atoms with Crippen molar-refractivity contribution in [2.24, 2.45) is 0 Å². The van der Waals surface area contributed by atoms with Crippen LogP contribution in [-0.2, 0) is 0 Å². The molecule has 1 N–H and O–H groups in total. The normalized spacial score (nSPS) is 10.6. The lowest BCUT2D eigenvalue weighted by atomic mass is 10.1. The molecule has 4 rings (SSSR count). The van der Waals surface area contributed by atoms with E-state index in [4.69, 9.17) is 16.6 Å². The molecule has 3 aromatic carbocycles. The molecule has 0 saturated heterocycles. The van der Waals surface area contributed by atoms with E-state index in [2.05, 4.69) is 17.4 Å². The highest BCUT2D eigenvalue weighted by molar-refractivity contribution is 7.13. The highest BCUT2D eigenvalue weighted by atomic mass is 35.5. The van der Waals surface area contributed by atoms with Gasteiger partial charge in [0.25, 0.3) is 5.91 Å². The number of hydrogen-bond acceptors (Lipinski definition) is 3. The average molecular weight is 391 g/mol. The van der Waals surface area contributed by atoms with E-state index in [1.165, 1.54) is 0 Å². The van der Waals surface area contributed by atoms with Gasteiger partial charge in [-0.05, 0) is 30.3 Å². The molecule has 0 aliphatic rings. The molecule has 1 amide bonds. The van der Waals surface area contributed by atoms with Crippen molar-refractivity contribution in [1.82, 2.24) is 4.98 Å². The van der Waals surface area contributed by atoms with Crippen LogP contribution in [0, 0.1) is 0 Å². The number of carbonyl (C=O) groups excluding carboxylic acids is 1. The fourth-order valence-corrected chi connectivity index (χ4v) is 3.70. The second kappa shape index (κ2) is 7.74. The lowest BCUT2D eigenvalue weighted by molar-refractivity contribution is 0.102. The molecule has 1 aromatic heterocycles. The van der Waals surface area contributed by atoms with E-state index in [1.54, 1.807) is 35.6 Å². The van der Waals surface area contributed by atoms with Gasteiger partial charge in [0.1, 0.15) is 5.01 Å². The lowest BCUT2D eigenvalue weighted by Gasteiger charge is -2.06. The first kappa shape index (κ1) is 17.5. The van der Waals surface area contributed by atoms with Crippen molar-refractivity contribution in [3.05, 3.63) is 94.8 Å². The Kier molecular flexibility index (Phi) is 5.01. The number of rotatable bonds is 4. The zero-order chi connectivity index (χ0) is 18.6. The summed E-state index contributed by atoms with van der Waals surface area (Å²) < 4.78 is 0. The first-order valence-corrected chi connectivity index (χ1v) is 9.63. The average Bonchev–Trinajstić information content (AvgIpc) is 3.19. The third-order valence-electron chi connectivity index (χ3n) is 4.05. The summed E-state index contributed by atoms with van der Waals surface area (Å²) in [6.07, 6.45) is 0. The van der Waals surface area contributed by atoms with Gasteiger partial charge in [-0.1, -0.05) is 60.1 Å². The molecule has 0 aliphatic heterocycles. The van der Waals surface area contributed by atoms with Crippen molar-refractivity contribution in [3.63, 3.8) is 0 Å². The van der Waals surface area contributed by atoms with Gasteiger partial charge in [0.15, 0.2) is 0 Å². The molecule has 4 aromatic rings. The van der Waals surface area contributed by atoms with Gasteiger partial charge >= 0.3 is 0 Å². The molecule has 27 heavy (non-hydrogen) atoms. The van der Waals surface area contributed by atoms with E-state index in [-0.39, 0.29) is 5.91 Å². The van der Waals surface area contributed by atoms with E-state index in [1.807, 2.05) is 47.8 Å². The molecule has 0 radical (unpaired) electrons. The quantitative estimate of drug-likeness (QED) is 0.439. The van der Waals surface area contributed by atoms with Gasteiger partial charge in [-0.25, -0.2) is 4.98 Å². The highest BCUT2D eigenvalue weighted by Crippen LogP contribution is 2.29. The fourth-order valence-electron chi connectivity index (χ4n) is 2.68. The van der Waals surface area contributed by atoms with Gasteiger partial charge in [0.05, 0.1) is 5.69 Å². The summed E-state index contributed by atoms with van der Waals surface area (Å²) in [7, 11) is 0. The van der Waals surface area contributed by atoms with E-state index >= 15 is 0 Å². The molecule has 0 atom stereocenters. The number of nitrogens with one attached hydrogen (secondary N) is 1. The van der Waals surface area contributed by atoms with Crippen LogP contribution >= 0.6 is 22.9 Å². The molecule has 0 fully saturated rings. The Labute approximate surface area is 166 Å². The molecule has 0 unspecified atom stereocenters. The third kappa shape index (κ3) is 4.08. The first-order chi connectivity index (χ1) is 13.2. The van der Waals surface area contributed by atoms with Crippen molar-refractivity contribution in [1.29, 1.82) is 0 Å². The predicted octanol–water partition coefficient (Wildman–Crippen LogP) is 6.38. The van der Waals surface area contributed by atoms with Crippen LogP contribution in [0.2, 0.25) is 5.02 Å². The number of carbonyl (C=O) groups is 1. The molecule has 3 nitrogen and oxygen atoms in total. The lowest BCUT2D eigenvalue weighted by Crippen LogP contribution is -2.11. The summed E-state index contributed by atoms with van der Waals surface area (Å²) in [5.74, 6) is -0.190. The first-order valence-electron chi connectivity index (χ1n) is 8.37. The maximum atomic E-state index is 12.3. The molecular formula is C22H15ClN2OS. The topological polar surface area (TPSA) is 42.0 Å². The molecule has 1 heterocycles. The second-order valence-electron chi connectivity index (χ2n) is 5.95. The van der Waals surface area contributed by atoms with Crippen LogP contribution in [0.5, 0.6) is 0 Å². The summed E-state index contributed by atoms with van der Waals surface area (Å²) in [6.45, 7) is 0. The van der Waals surface area contributed by atoms with E-state index in [0.717, 1.165) is 27.5 Å². The second-order valence-corrected chi connectivity index (χ2v) is 7.24. The maximum Gasteiger partial charge on any atom is 0.255 e. The predicted molar refractivity (Wildman–Crippen MR) is 112 cm³/mol. The number of benzene rings is 3. The fraction of sp³-hybridized carbons (Fsp3) is 0. The standard InChI is InChI=1S/C22H15ClN2OS/c23-18-8-4-7-17(13-18)21(26)24-19-11-9-15(10-12-19)20-14-27-22(25-20)16-5-2-1-3-6-16/h1-14H,(H,24,26). The van der Waals surface area contributed by atoms with Crippen LogP contribution < -0.4 is 5.32 Å².